The molecule has 0 radical (unpaired) electrons. The monoisotopic (exact) mass is 286 g/mol. The summed E-state index contributed by atoms with van der Waals surface area (Å²) in [5, 5.41) is 16.9. The summed E-state index contributed by atoms with van der Waals surface area (Å²) >= 11 is 1.08. The topological polar surface area (TPSA) is 91.8 Å². The number of rotatable bonds is 4. The quantitative estimate of drug-likeness (QED) is 0.714. The molecule has 0 saturated carbocycles. The van der Waals surface area contributed by atoms with Gasteiger partial charge in [0.25, 0.3) is 0 Å². The Bertz CT molecular complexity index is 766. The van der Waals surface area contributed by atoms with E-state index in [0.29, 0.717) is 11.0 Å². The van der Waals surface area contributed by atoms with E-state index in [1.807, 2.05) is 30.3 Å². The van der Waals surface area contributed by atoms with Crippen LogP contribution in [0.1, 0.15) is 0 Å². The molecular formula is C13H10N4O2S. The van der Waals surface area contributed by atoms with Crippen LogP contribution in [0.2, 0.25) is 0 Å². The molecule has 6 nitrogen and oxygen atoms in total. The molecular weight excluding hydrogens is 276 g/mol. The third kappa shape index (κ3) is 2.48. The van der Waals surface area contributed by atoms with Gasteiger partial charge in [-0.05, 0) is 12.1 Å². The number of nitrogens with zero attached hydrogens (tertiary/aromatic N) is 3. The molecule has 100 valence electrons. The van der Waals surface area contributed by atoms with Crippen molar-refractivity contribution in [2.75, 3.05) is 5.75 Å². The summed E-state index contributed by atoms with van der Waals surface area (Å²) in [5.74, 6) is -0.374. The van der Waals surface area contributed by atoms with Gasteiger partial charge in [0, 0.05) is 17.1 Å². The fraction of sp³-hybridized carbons (Fsp3) is 0.0769. The molecule has 3 aromatic rings. The third-order valence-corrected chi connectivity index (χ3v) is 3.51. The van der Waals surface area contributed by atoms with E-state index >= 15 is 0 Å². The minimum absolute atomic E-state index is 0.0644. The molecule has 0 fully saturated rings. The number of nitrogens with one attached hydrogen (secondary N) is 1. The fourth-order valence-electron chi connectivity index (χ4n) is 1.85. The van der Waals surface area contributed by atoms with Crippen molar-refractivity contribution in [1.82, 2.24) is 20.2 Å². The summed E-state index contributed by atoms with van der Waals surface area (Å²) in [6, 6.07) is 9.65. The van der Waals surface area contributed by atoms with E-state index in [-0.39, 0.29) is 5.75 Å². The minimum Gasteiger partial charge on any atom is -0.481 e. The van der Waals surface area contributed by atoms with Crippen molar-refractivity contribution in [3.05, 3.63) is 36.5 Å². The molecule has 2 heterocycles. The molecule has 20 heavy (non-hydrogen) atoms. The Morgan fingerprint density at radius 2 is 2.15 bits per heavy atom. The van der Waals surface area contributed by atoms with Crippen molar-refractivity contribution in [3.8, 4) is 11.4 Å². The van der Waals surface area contributed by atoms with E-state index in [2.05, 4.69) is 20.2 Å². The first-order valence-corrected chi connectivity index (χ1v) is 6.84. The average Bonchev–Trinajstić information content (AvgIpc) is 2.93. The zero-order chi connectivity index (χ0) is 13.9. The first-order chi connectivity index (χ1) is 9.74. The van der Waals surface area contributed by atoms with Crippen molar-refractivity contribution >= 4 is 28.6 Å². The van der Waals surface area contributed by atoms with E-state index in [0.717, 1.165) is 28.2 Å². The number of carboxylic acid groups (broad SMARTS) is 1. The molecule has 0 aliphatic heterocycles. The summed E-state index contributed by atoms with van der Waals surface area (Å²) in [4.78, 5) is 19.2. The Labute approximate surface area is 118 Å². The van der Waals surface area contributed by atoms with Gasteiger partial charge in [-0.2, -0.15) is 0 Å². The number of hydrogen-bond acceptors (Lipinski definition) is 5. The lowest BCUT2D eigenvalue weighted by atomic mass is 10.1. The van der Waals surface area contributed by atoms with Gasteiger partial charge in [0.1, 0.15) is 0 Å². The first-order valence-electron chi connectivity index (χ1n) is 5.85. The molecule has 0 unspecified atom stereocenters. The molecule has 2 N–H and O–H groups in total. The fourth-order valence-corrected chi connectivity index (χ4v) is 2.37. The summed E-state index contributed by atoms with van der Waals surface area (Å²) < 4.78 is 0. The second-order valence-electron chi connectivity index (χ2n) is 4.03. The van der Waals surface area contributed by atoms with Crippen LogP contribution in [-0.4, -0.2) is 37.0 Å². The number of carboxylic acids is 1. The Morgan fingerprint density at radius 3 is 3.00 bits per heavy atom. The number of fused-ring (bicyclic) bond motifs is 1. The van der Waals surface area contributed by atoms with Gasteiger partial charge >= 0.3 is 5.97 Å². The largest absolute Gasteiger partial charge is 0.481 e. The van der Waals surface area contributed by atoms with Gasteiger partial charge in [0.15, 0.2) is 5.82 Å². The SMILES string of the molecule is O=C(O)CSc1n[nH]c(-c2cccc3cccnc23)n1. The van der Waals surface area contributed by atoms with Crippen LogP contribution in [0.4, 0.5) is 0 Å². The van der Waals surface area contributed by atoms with Crippen LogP contribution in [0.15, 0.2) is 41.7 Å². The number of para-hydroxylation sites is 1. The number of pyridine rings is 1. The molecule has 0 atom stereocenters. The molecule has 0 aliphatic rings. The van der Waals surface area contributed by atoms with Crippen LogP contribution >= 0.6 is 11.8 Å². The van der Waals surface area contributed by atoms with E-state index < -0.39 is 5.97 Å². The van der Waals surface area contributed by atoms with Crippen molar-refractivity contribution in [1.29, 1.82) is 0 Å². The number of aromatic nitrogens is 4. The van der Waals surface area contributed by atoms with Crippen LogP contribution in [0.25, 0.3) is 22.3 Å². The van der Waals surface area contributed by atoms with Crippen LogP contribution in [-0.2, 0) is 4.79 Å². The van der Waals surface area contributed by atoms with E-state index in [4.69, 9.17) is 5.11 Å². The van der Waals surface area contributed by atoms with E-state index in [1.165, 1.54) is 0 Å². The molecule has 2 aromatic heterocycles. The summed E-state index contributed by atoms with van der Waals surface area (Å²) in [5.41, 5.74) is 1.68. The lowest BCUT2D eigenvalue weighted by Crippen LogP contribution is -1.97. The van der Waals surface area contributed by atoms with Crippen LogP contribution in [0.3, 0.4) is 0 Å². The van der Waals surface area contributed by atoms with Crippen LogP contribution in [0, 0.1) is 0 Å². The predicted molar refractivity (Wildman–Crippen MR) is 75.5 cm³/mol. The van der Waals surface area contributed by atoms with E-state index in [1.54, 1.807) is 6.20 Å². The second kappa shape index (κ2) is 5.30. The highest BCUT2D eigenvalue weighted by Gasteiger charge is 2.11. The molecule has 7 heteroatoms. The molecule has 1 aromatic carbocycles. The van der Waals surface area contributed by atoms with Gasteiger partial charge < -0.3 is 5.11 Å². The molecule has 3 rings (SSSR count). The Kier molecular flexibility index (Phi) is 3.34. The van der Waals surface area contributed by atoms with Crippen LogP contribution < -0.4 is 0 Å². The van der Waals surface area contributed by atoms with Gasteiger partial charge in [-0.15, -0.1) is 5.10 Å². The lowest BCUT2D eigenvalue weighted by Gasteiger charge is -2.01. The maximum atomic E-state index is 10.5. The molecule has 0 saturated heterocycles. The summed E-state index contributed by atoms with van der Waals surface area (Å²) in [7, 11) is 0. The Hall–Kier alpha value is -2.41. The van der Waals surface area contributed by atoms with Crippen molar-refractivity contribution in [3.63, 3.8) is 0 Å². The zero-order valence-electron chi connectivity index (χ0n) is 10.3. The maximum Gasteiger partial charge on any atom is 0.313 e. The second-order valence-corrected chi connectivity index (χ2v) is 4.97. The molecule has 0 spiro atoms. The number of aromatic amines is 1. The Morgan fingerprint density at radius 1 is 1.30 bits per heavy atom. The van der Waals surface area contributed by atoms with Crippen molar-refractivity contribution in [2.24, 2.45) is 0 Å². The molecule has 0 amide bonds. The smallest absolute Gasteiger partial charge is 0.313 e. The highest BCUT2D eigenvalue weighted by Crippen LogP contribution is 2.25. The summed E-state index contributed by atoms with van der Waals surface area (Å²) in [6.45, 7) is 0. The number of hydrogen-bond donors (Lipinski definition) is 2. The highest BCUT2D eigenvalue weighted by molar-refractivity contribution is 7.99. The predicted octanol–water partition coefficient (Wildman–Crippen LogP) is 2.20. The van der Waals surface area contributed by atoms with Gasteiger partial charge in [-0.1, -0.05) is 30.0 Å². The number of benzene rings is 1. The van der Waals surface area contributed by atoms with Gasteiger partial charge in [0.05, 0.1) is 11.3 Å². The Balaban J connectivity index is 1.97. The highest BCUT2D eigenvalue weighted by atomic mass is 32.2. The number of H-pyrrole nitrogens is 1. The van der Waals surface area contributed by atoms with E-state index in [9.17, 15) is 4.79 Å². The number of aliphatic carboxylic acids is 1. The van der Waals surface area contributed by atoms with Gasteiger partial charge in [-0.3, -0.25) is 14.9 Å². The average molecular weight is 286 g/mol. The normalized spacial score (nSPS) is 10.8. The minimum atomic E-state index is -0.895. The maximum absolute atomic E-state index is 10.5. The number of carbonyl (C=O) groups is 1. The standard InChI is InChI=1S/C13H10N4O2S/c18-10(19)7-20-13-15-12(16-17-13)9-5-1-3-8-4-2-6-14-11(8)9/h1-6H,7H2,(H,18,19)(H,15,16,17). The lowest BCUT2D eigenvalue weighted by molar-refractivity contribution is -0.133. The first kappa shape index (κ1) is 12.6. The molecule has 0 aliphatic carbocycles. The molecule has 0 bridgehead atoms. The van der Waals surface area contributed by atoms with Crippen molar-refractivity contribution < 1.29 is 9.90 Å². The van der Waals surface area contributed by atoms with Crippen molar-refractivity contribution in [2.45, 2.75) is 5.16 Å². The van der Waals surface area contributed by atoms with Gasteiger partial charge in [-0.25, -0.2) is 4.98 Å². The number of thioether (sulfide) groups is 1. The summed E-state index contributed by atoms with van der Waals surface area (Å²) in [6.07, 6.45) is 1.72. The third-order valence-electron chi connectivity index (χ3n) is 2.68. The zero-order valence-corrected chi connectivity index (χ0v) is 11.1. The van der Waals surface area contributed by atoms with Gasteiger partial charge in [0.2, 0.25) is 5.16 Å². The van der Waals surface area contributed by atoms with Crippen LogP contribution in [0.5, 0.6) is 0 Å².